The Labute approximate surface area is 121 Å². The second-order valence-corrected chi connectivity index (χ2v) is 5.88. The van der Waals surface area contributed by atoms with Gasteiger partial charge in [-0.05, 0) is 38.1 Å². The number of anilines is 1. The van der Waals surface area contributed by atoms with Crippen molar-refractivity contribution in [2.24, 2.45) is 0 Å². The first kappa shape index (κ1) is 12.9. The number of hydrogen-bond donors (Lipinski definition) is 1. The Hall–Kier alpha value is -2.14. The molecule has 0 fully saturated rings. The molecule has 0 aliphatic rings. The van der Waals surface area contributed by atoms with Crippen LogP contribution in [0.15, 0.2) is 30.5 Å². The van der Waals surface area contributed by atoms with Gasteiger partial charge in [0.2, 0.25) is 0 Å². The lowest BCUT2D eigenvalue weighted by molar-refractivity contribution is 0.309. The van der Waals surface area contributed by atoms with Gasteiger partial charge in [0.15, 0.2) is 0 Å². The number of fused-ring (bicyclic) bond motifs is 1. The van der Waals surface area contributed by atoms with E-state index in [-0.39, 0.29) is 0 Å². The molecule has 0 amide bonds. The molecule has 0 atom stereocenters. The summed E-state index contributed by atoms with van der Waals surface area (Å²) in [5.74, 6) is 0.785. The summed E-state index contributed by atoms with van der Waals surface area (Å²) in [6, 6.07) is 7.55. The molecule has 3 aromatic rings. The van der Waals surface area contributed by atoms with E-state index in [0.29, 0.717) is 12.3 Å². The van der Waals surface area contributed by atoms with Gasteiger partial charge in [0.05, 0.1) is 16.9 Å². The molecule has 2 aromatic heterocycles. The fourth-order valence-corrected chi connectivity index (χ4v) is 2.88. The van der Waals surface area contributed by atoms with Crippen molar-refractivity contribution >= 4 is 27.9 Å². The number of ether oxygens (including phenoxy) is 1. The highest BCUT2D eigenvalue weighted by Gasteiger charge is 2.08. The molecule has 0 aliphatic carbocycles. The maximum atomic E-state index is 5.93. The van der Waals surface area contributed by atoms with Gasteiger partial charge < -0.3 is 10.5 Å². The van der Waals surface area contributed by atoms with Crippen LogP contribution in [0.4, 0.5) is 5.69 Å². The van der Waals surface area contributed by atoms with Crippen LogP contribution < -0.4 is 10.5 Å². The van der Waals surface area contributed by atoms with E-state index in [0.717, 1.165) is 27.4 Å². The molecule has 0 bridgehead atoms. The lowest BCUT2D eigenvalue weighted by Crippen LogP contribution is -1.97. The first-order chi connectivity index (χ1) is 9.65. The Morgan fingerprint density at radius 3 is 2.85 bits per heavy atom. The average Bonchev–Trinajstić information content (AvgIpc) is 2.77. The van der Waals surface area contributed by atoms with Crippen molar-refractivity contribution in [3.05, 3.63) is 46.0 Å². The second-order valence-electron chi connectivity index (χ2n) is 4.59. The van der Waals surface area contributed by atoms with E-state index in [1.807, 2.05) is 31.2 Å². The number of rotatable bonds is 3. The van der Waals surface area contributed by atoms with Gasteiger partial charge in [-0.15, -0.1) is 11.3 Å². The molecule has 0 unspecified atom stereocenters. The van der Waals surface area contributed by atoms with E-state index in [1.54, 1.807) is 17.5 Å². The van der Waals surface area contributed by atoms with Crippen molar-refractivity contribution in [2.75, 3.05) is 5.73 Å². The predicted octanol–water partition coefficient (Wildman–Crippen LogP) is 3.47. The number of benzene rings is 1. The van der Waals surface area contributed by atoms with Crippen LogP contribution in [0.1, 0.15) is 15.6 Å². The molecule has 0 saturated carbocycles. The zero-order valence-electron chi connectivity index (χ0n) is 11.4. The van der Waals surface area contributed by atoms with Crippen molar-refractivity contribution in [1.82, 2.24) is 9.97 Å². The molecular weight excluding hydrogens is 270 g/mol. The molecule has 3 rings (SSSR count). The summed E-state index contributed by atoms with van der Waals surface area (Å²) in [6.07, 6.45) is 1.73. The van der Waals surface area contributed by atoms with Gasteiger partial charge in [-0.25, -0.2) is 4.98 Å². The number of nitrogens with zero attached hydrogens (tertiary/aromatic N) is 2. The minimum absolute atomic E-state index is 0.466. The molecule has 20 heavy (non-hydrogen) atoms. The van der Waals surface area contributed by atoms with Crippen LogP contribution in [-0.4, -0.2) is 9.97 Å². The quantitative estimate of drug-likeness (QED) is 0.748. The van der Waals surface area contributed by atoms with E-state index in [9.17, 15) is 0 Å². The highest BCUT2D eigenvalue weighted by molar-refractivity contribution is 7.11. The van der Waals surface area contributed by atoms with Crippen molar-refractivity contribution in [1.29, 1.82) is 0 Å². The number of thiazole rings is 1. The third-order valence-corrected chi connectivity index (χ3v) is 4.23. The fraction of sp³-hybridized carbons (Fsp3) is 0.200. The molecule has 2 heterocycles. The second kappa shape index (κ2) is 5.09. The van der Waals surface area contributed by atoms with Crippen LogP contribution in [0.25, 0.3) is 10.9 Å². The van der Waals surface area contributed by atoms with Crippen LogP contribution in [-0.2, 0) is 6.61 Å². The Kier molecular flexibility index (Phi) is 3.28. The third-order valence-electron chi connectivity index (χ3n) is 3.18. The third kappa shape index (κ3) is 2.32. The maximum Gasteiger partial charge on any atom is 0.140 e. The summed E-state index contributed by atoms with van der Waals surface area (Å²) in [4.78, 5) is 10.0. The van der Waals surface area contributed by atoms with Crippen LogP contribution in [0, 0.1) is 13.8 Å². The Balaban J connectivity index is 1.89. The van der Waals surface area contributed by atoms with Crippen LogP contribution in [0.2, 0.25) is 0 Å². The largest absolute Gasteiger partial charge is 0.486 e. The molecule has 0 saturated heterocycles. The molecule has 1 aromatic carbocycles. The number of aromatic nitrogens is 2. The molecule has 0 aliphatic heterocycles. The average molecular weight is 285 g/mol. The summed E-state index contributed by atoms with van der Waals surface area (Å²) >= 11 is 1.67. The Morgan fingerprint density at radius 1 is 1.25 bits per heavy atom. The zero-order valence-corrected chi connectivity index (χ0v) is 12.2. The molecular formula is C15H15N3OS. The summed E-state index contributed by atoms with van der Waals surface area (Å²) in [5.41, 5.74) is 8.43. The SMILES string of the molecule is Cc1nc(COc2ccc(N)c3ncccc23)sc1C. The highest BCUT2D eigenvalue weighted by Crippen LogP contribution is 2.29. The standard InChI is InChI=1S/C15H15N3OS/c1-9-10(2)20-14(18-9)8-19-13-6-5-12(16)15-11(13)4-3-7-17-15/h3-7H,8,16H2,1-2H3. The topological polar surface area (TPSA) is 61.0 Å². The molecule has 102 valence electrons. The van der Waals surface area contributed by atoms with Crippen molar-refractivity contribution in [2.45, 2.75) is 20.5 Å². The van der Waals surface area contributed by atoms with Gasteiger partial charge in [0.25, 0.3) is 0 Å². The van der Waals surface area contributed by atoms with Gasteiger partial charge >= 0.3 is 0 Å². The smallest absolute Gasteiger partial charge is 0.140 e. The molecule has 2 N–H and O–H groups in total. The minimum atomic E-state index is 0.466. The number of hydrogen-bond acceptors (Lipinski definition) is 5. The summed E-state index contributed by atoms with van der Waals surface area (Å²) in [5, 5.41) is 1.91. The van der Waals surface area contributed by atoms with Gasteiger partial charge in [-0.1, -0.05) is 0 Å². The normalized spacial score (nSPS) is 10.9. The first-order valence-electron chi connectivity index (χ1n) is 6.34. The van der Waals surface area contributed by atoms with Crippen molar-refractivity contribution < 1.29 is 4.74 Å². The summed E-state index contributed by atoms with van der Waals surface area (Å²) in [6.45, 7) is 4.55. The van der Waals surface area contributed by atoms with Crippen LogP contribution in [0.3, 0.4) is 0 Å². The lowest BCUT2D eigenvalue weighted by atomic mass is 10.2. The van der Waals surface area contributed by atoms with Gasteiger partial charge in [-0.3, -0.25) is 4.98 Å². The van der Waals surface area contributed by atoms with E-state index in [4.69, 9.17) is 10.5 Å². The predicted molar refractivity (Wildman–Crippen MR) is 82.1 cm³/mol. The molecule has 0 radical (unpaired) electrons. The number of aryl methyl sites for hydroxylation is 2. The fourth-order valence-electron chi connectivity index (χ4n) is 2.03. The maximum absolute atomic E-state index is 5.93. The van der Waals surface area contributed by atoms with Gasteiger partial charge in [0.1, 0.15) is 17.4 Å². The Bertz CT molecular complexity index is 747. The van der Waals surface area contributed by atoms with Crippen LogP contribution in [0.5, 0.6) is 5.75 Å². The van der Waals surface area contributed by atoms with E-state index in [1.165, 1.54) is 4.88 Å². The summed E-state index contributed by atoms with van der Waals surface area (Å²) in [7, 11) is 0. The van der Waals surface area contributed by atoms with Gasteiger partial charge in [-0.2, -0.15) is 0 Å². The Morgan fingerprint density at radius 2 is 2.10 bits per heavy atom. The van der Waals surface area contributed by atoms with Crippen molar-refractivity contribution in [3.8, 4) is 5.75 Å². The van der Waals surface area contributed by atoms with E-state index in [2.05, 4.69) is 16.9 Å². The van der Waals surface area contributed by atoms with Gasteiger partial charge in [0, 0.05) is 16.5 Å². The molecule has 0 spiro atoms. The monoisotopic (exact) mass is 285 g/mol. The van der Waals surface area contributed by atoms with E-state index < -0.39 is 0 Å². The zero-order chi connectivity index (χ0) is 14.1. The summed E-state index contributed by atoms with van der Waals surface area (Å²) < 4.78 is 5.88. The van der Waals surface area contributed by atoms with Crippen molar-refractivity contribution in [3.63, 3.8) is 0 Å². The van der Waals surface area contributed by atoms with Crippen LogP contribution >= 0.6 is 11.3 Å². The number of nitrogen functional groups attached to an aromatic ring is 1. The highest BCUT2D eigenvalue weighted by atomic mass is 32.1. The lowest BCUT2D eigenvalue weighted by Gasteiger charge is -2.09. The molecule has 4 nitrogen and oxygen atoms in total. The number of nitrogens with two attached hydrogens (primary N) is 1. The first-order valence-corrected chi connectivity index (χ1v) is 7.15. The molecule has 5 heteroatoms. The van der Waals surface area contributed by atoms with E-state index >= 15 is 0 Å². The number of pyridine rings is 1. The minimum Gasteiger partial charge on any atom is -0.486 e.